The zero-order chi connectivity index (χ0) is 27.2. The van der Waals surface area contributed by atoms with Crippen LogP contribution in [0.2, 0.25) is 0 Å². The lowest BCUT2D eigenvalue weighted by molar-refractivity contribution is 0.00601. The molecule has 4 heterocycles. The van der Waals surface area contributed by atoms with Crippen LogP contribution in [0.1, 0.15) is 49.5 Å². The number of rotatable bonds is 6. The Morgan fingerprint density at radius 2 is 2.08 bits per heavy atom. The Hall–Kier alpha value is -3.74. The topological polar surface area (TPSA) is 184 Å². The molecule has 206 valence electrons. The number of hydrogen-bond acceptors (Lipinski definition) is 7. The Labute approximate surface area is 221 Å². The molecule has 13 heteroatoms. The summed E-state index contributed by atoms with van der Waals surface area (Å²) in [5, 5.41) is 43.2. The maximum absolute atomic E-state index is 13.5. The first-order valence-corrected chi connectivity index (χ1v) is 13.0. The van der Waals surface area contributed by atoms with Crippen LogP contribution in [0, 0.1) is 10.8 Å². The fraction of sp³-hybridized carbons (Fsp3) is 0.600. The Balaban J connectivity index is 1.36. The van der Waals surface area contributed by atoms with Gasteiger partial charge in [-0.2, -0.15) is 0 Å². The van der Waals surface area contributed by atoms with Crippen molar-refractivity contribution in [2.75, 3.05) is 26.3 Å². The van der Waals surface area contributed by atoms with E-state index in [4.69, 9.17) is 20.3 Å². The maximum Gasteiger partial charge on any atom is 0.407 e. The summed E-state index contributed by atoms with van der Waals surface area (Å²) < 4.78 is 11.0. The van der Waals surface area contributed by atoms with Gasteiger partial charge in [0.1, 0.15) is 11.9 Å². The summed E-state index contributed by atoms with van der Waals surface area (Å²) in [5.41, 5.74) is -0.0391. The second-order valence-electron chi connectivity index (χ2n) is 10.9. The molecule has 1 aromatic carbocycles. The molecule has 2 amide bonds. The smallest absolute Gasteiger partial charge is 0.407 e. The number of aliphatic hydroxyl groups excluding tert-OH is 1. The molecule has 0 radical (unpaired) electrons. The minimum Gasteiger partial charge on any atom is -0.492 e. The van der Waals surface area contributed by atoms with Gasteiger partial charge in [0.15, 0.2) is 17.6 Å². The number of amides is 2. The number of carbonyl (C=O) groups is 2. The monoisotopic (exact) mass is 528 g/mol. The number of fused-ring (bicyclic) bond motifs is 1. The van der Waals surface area contributed by atoms with Crippen LogP contribution in [0.25, 0.3) is 0 Å². The van der Waals surface area contributed by atoms with Gasteiger partial charge in [-0.15, -0.1) is 0 Å². The number of carbonyl (C=O) groups excluding carboxylic acids is 2. The van der Waals surface area contributed by atoms with E-state index >= 15 is 0 Å². The van der Waals surface area contributed by atoms with Crippen LogP contribution in [-0.2, 0) is 10.2 Å². The molecule has 5 atom stereocenters. The molecule has 3 saturated heterocycles. The Bertz CT molecular complexity index is 1160. The van der Waals surface area contributed by atoms with Crippen LogP contribution < -0.4 is 31.3 Å². The first-order chi connectivity index (χ1) is 18.1. The number of para-hydroxylation sites is 1. The first-order valence-electron chi connectivity index (χ1n) is 13.0. The molecule has 1 aromatic rings. The third-order valence-electron chi connectivity index (χ3n) is 7.93. The number of guanidine groups is 2. The van der Waals surface area contributed by atoms with Crippen molar-refractivity contribution in [1.82, 2.24) is 31.5 Å². The van der Waals surface area contributed by atoms with Gasteiger partial charge in [-0.3, -0.25) is 15.6 Å². The molecule has 4 aliphatic heterocycles. The van der Waals surface area contributed by atoms with Gasteiger partial charge in [0.05, 0.1) is 36.9 Å². The predicted octanol–water partition coefficient (Wildman–Crippen LogP) is -0.243. The number of aliphatic hydroxyl groups is 1. The molecule has 3 fully saturated rings. The van der Waals surface area contributed by atoms with Gasteiger partial charge in [0.2, 0.25) is 0 Å². The lowest BCUT2D eigenvalue weighted by Gasteiger charge is -2.49. The second kappa shape index (κ2) is 9.53. The Morgan fingerprint density at radius 1 is 1.29 bits per heavy atom. The lowest BCUT2D eigenvalue weighted by Crippen LogP contribution is -2.78. The Morgan fingerprint density at radius 3 is 2.84 bits per heavy atom. The number of nitrogens with zero attached hydrogens (tertiary/aromatic N) is 1. The van der Waals surface area contributed by atoms with Gasteiger partial charge in [-0.25, -0.2) is 4.79 Å². The van der Waals surface area contributed by atoms with E-state index in [1.54, 1.807) is 11.0 Å². The van der Waals surface area contributed by atoms with Gasteiger partial charge >= 0.3 is 6.09 Å². The maximum atomic E-state index is 13.5. The number of nitrogens with one attached hydrogen (secondary N) is 7. The summed E-state index contributed by atoms with van der Waals surface area (Å²) in [4.78, 5) is 27.1. The molecular weight excluding hydrogens is 492 g/mol. The van der Waals surface area contributed by atoms with Crippen LogP contribution in [0.5, 0.6) is 5.75 Å². The molecule has 5 rings (SSSR count). The minimum atomic E-state index is -1.27. The summed E-state index contributed by atoms with van der Waals surface area (Å²) in [6, 6.07) is 3.63. The predicted molar refractivity (Wildman–Crippen MR) is 138 cm³/mol. The van der Waals surface area contributed by atoms with E-state index in [1.807, 2.05) is 19.1 Å². The van der Waals surface area contributed by atoms with E-state index < -0.39 is 36.0 Å². The van der Waals surface area contributed by atoms with Crippen LogP contribution in [-0.4, -0.2) is 90.1 Å². The third kappa shape index (κ3) is 4.14. The van der Waals surface area contributed by atoms with Crippen LogP contribution in [0.15, 0.2) is 18.2 Å². The highest BCUT2D eigenvalue weighted by Gasteiger charge is 2.66. The van der Waals surface area contributed by atoms with Crippen molar-refractivity contribution in [3.05, 3.63) is 29.3 Å². The lowest BCUT2D eigenvalue weighted by atomic mass is 9.79. The highest BCUT2D eigenvalue weighted by Crippen LogP contribution is 2.41. The van der Waals surface area contributed by atoms with E-state index in [2.05, 4.69) is 40.4 Å². The van der Waals surface area contributed by atoms with E-state index in [0.29, 0.717) is 30.9 Å². The zero-order valence-corrected chi connectivity index (χ0v) is 21.8. The van der Waals surface area contributed by atoms with E-state index in [1.165, 1.54) is 0 Å². The number of benzene rings is 1. The molecule has 0 aliphatic carbocycles. The van der Waals surface area contributed by atoms with Crippen molar-refractivity contribution in [3.63, 3.8) is 0 Å². The summed E-state index contributed by atoms with van der Waals surface area (Å²) in [6.45, 7) is 7.17. The summed E-state index contributed by atoms with van der Waals surface area (Å²) in [5.74, 6) is 0.167. The van der Waals surface area contributed by atoms with Gasteiger partial charge in [-0.05, 0) is 24.3 Å². The second-order valence-corrected chi connectivity index (χ2v) is 10.9. The van der Waals surface area contributed by atoms with Crippen molar-refractivity contribution in [1.29, 1.82) is 10.8 Å². The molecule has 1 spiro atoms. The van der Waals surface area contributed by atoms with Gasteiger partial charge < -0.3 is 46.1 Å². The van der Waals surface area contributed by atoms with Gasteiger partial charge in [0.25, 0.3) is 5.91 Å². The van der Waals surface area contributed by atoms with Crippen molar-refractivity contribution in [2.24, 2.45) is 0 Å². The van der Waals surface area contributed by atoms with E-state index in [9.17, 15) is 14.7 Å². The minimum absolute atomic E-state index is 0.0111. The normalized spacial score (nSPS) is 30.5. The molecule has 4 aliphatic rings. The highest BCUT2D eigenvalue weighted by atomic mass is 16.5. The number of hydrogen-bond donors (Lipinski definition) is 8. The molecule has 38 heavy (non-hydrogen) atoms. The number of ether oxygens (including phenoxy) is 2. The van der Waals surface area contributed by atoms with E-state index in [0.717, 1.165) is 12.0 Å². The van der Waals surface area contributed by atoms with Crippen molar-refractivity contribution in [2.45, 2.75) is 68.9 Å². The fourth-order valence-electron chi connectivity index (χ4n) is 5.93. The molecule has 8 N–H and O–H groups in total. The van der Waals surface area contributed by atoms with Gasteiger partial charge in [0, 0.05) is 18.7 Å². The van der Waals surface area contributed by atoms with Crippen molar-refractivity contribution >= 4 is 23.9 Å². The summed E-state index contributed by atoms with van der Waals surface area (Å²) >= 11 is 0. The van der Waals surface area contributed by atoms with Crippen LogP contribution in [0.4, 0.5) is 4.79 Å². The van der Waals surface area contributed by atoms with E-state index in [-0.39, 0.29) is 36.3 Å². The Kier molecular flexibility index (Phi) is 6.49. The highest BCUT2D eigenvalue weighted by molar-refractivity contribution is 5.98. The average molecular weight is 529 g/mol. The SMILES string of the molecule is CCCOC(=O)NC[C@@H]1NC(=N)N2CC(NC(=O)c3cccc4c3OCCC4(C)C)[C@@H](O)C23NC(=N)NC13. The molecule has 3 unspecified atom stereocenters. The summed E-state index contributed by atoms with van der Waals surface area (Å²) in [7, 11) is 0. The molecular formula is C25H36N8O5. The van der Waals surface area contributed by atoms with Crippen molar-refractivity contribution < 1.29 is 24.2 Å². The molecule has 0 saturated carbocycles. The fourth-order valence-corrected chi connectivity index (χ4v) is 5.93. The first kappa shape index (κ1) is 25.9. The largest absolute Gasteiger partial charge is 0.492 e. The standard InChI is InChI=1S/C25H36N8O5/c1-4-9-38-23(36)28-11-15-18-25(32-21(26)31-18)19(34)16(12-33(25)22(27)30-15)29-20(35)13-6-5-7-14-17(13)37-10-8-24(14,2)3/h5-7,15-16,18-19,34H,4,8-12H2,1-3H3,(H2,27,30)(H,28,36)(H,29,35)(H3,26,31,32)/t15-,16?,18?,19+,25?/m0/s1. The molecule has 0 aromatic heterocycles. The van der Waals surface area contributed by atoms with Crippen LogP contribution in [0.3, 0.4) is 0 Å². The summed E-state index contributed by atoms with van der Waals surface area (Å²) in [6.07, 6.45) is -0.220. The third-order valence-corrected chi connectivity index (χ3v) is 7.93. The van der Waals surface area contributed by atoms with Crippen molar-refractivity contribution in [3.8, 4) is 5.75 Å². The molecule has 13 nitrogen and oxygen atoms in total. The average Bonchev–Trinajstić information content (AvgIpc) is 3.37. The number of alkyl carbamates (subject to hydrolysis) is 1. The van der Waals surface area contributed by atoms with Gasteiger partial charge in [-0.1, -0.05) is 32.9 Å². The van der Waals surface area contributed by atoms with Crippen LogP contribution >= 0.6 is 0 Å². The quantitative estimate of drug-likeness (QED) is 0.247. The zero-order valence-electron chi connectivity index (χ0n) is 21.8. The molecule has 0 bridgehead atoms.